The molecule has 0 aliphatic rings. The van der Waals surface area contributed by atoms with Gasteiger partial charge in [0.1, 0.15) is 5.60 Å². The average molecular weight is 348 g/mol. The molecule has 2 N–H and O–H groups in total. The number of carbonyl (C=O) groups excluding carboxylic acids is 1. The van der Waals surface area contributed by atoms with Gasteiger partial charge in [0, 0.05) is 33.7 Å². The van der Waals surface area contributed by atoms with E-state index >= 15 is 0 Å². The fourth-order valence-electron chi connectivity index (χ4n) is 2.14. The van der Waals surface area contributed by atoms with E-state index < -0.39 is 5.60 Å². The first-order valence-corrected chi connectivity index (χ1v) is 8.74. The highest BCUT2D eigenvalue weighted by atomic mass is 16.6. The number of ether oxygens (including phenoxy) is 1. The lowest BCUT2D eigenvalue weighted by Gasteiger charge is -2.24. The van der Waals surface area contributed by atoms with Gasteiger partial charge in [0.2, 0.25) is 0 Å². The van der Waals surface area contributed by atoms with Gasteiger partial charge in [-0.05, 0) is 39.2 Å². The first kappa shape index (κ1) is 20.8. The summed E-state index contributed by atoms with van der Waals surface area (Å²) in [5.41, 5.74) is 0.862. The maximum atomic E-state index is 11.9. The van der Waals surface area contributed by atoms with Crippen LogP contribution in [0.2, 0.25) is 0 Å². The number of nitrogens with zero attached hydrogens (tertiary/aromatic N) is 2. The lowest BCUT2D eigenvalue weighted by atomic mass is 10.1. The minimum atomic E-state index is -0.477. The molecule has 0 saturated heterocycles. The van der Waals surface area contributed by atoms with Crippen LogP contribution in [-0.4, -0.2) is 56.3 Å². The molecule has 0 unspecified atom stereocenters. The summed E-state index contributed by atoms with van der Waals surface area (Å²) >= 11 is 0. The summed E-state index contributed by atoms with van der Waals surface area (Å²) in [6.07, 6.45) is 1.74. The molecule has 6 heteroatoms. The Balaban J connectivity index is 2.20. The highest BCUT2D eigenvalue weighted by Crippen LogP contribution is 2.08. The summed E-state index contributed by atoms with van der Waals surface area (Å²) in [5, 5.41) is 6.49. The molecule has 0 saturated carbocycles. The number of carbonyl (C=O) groups is 1. The van der Waals surface area contributed by atoms with Crippen LogP contribution in [0.5, 0.6) is 0 Å². The van der Waals surface area contributed by atoms with Crippen LogP contribution in [0, 0.1) is 0 Å². The van der Waals surface area contributed by atoms with E-state index in [4.69, 9.17) is 4.74 Å². The Morgan fingerprint density at radius 2 is 1.80 bits per heavy atom. The molecule has 1 amide bonds. The van der Waals surface area contributed by atoms with Crippen LogP contribution in [0.15, 0.2) is 35.3 Å². The van der Waals surface area contributed by atoms with E-state index in [0.717, 1.165) is 25.3 Å². The number of hydrogen-bond acceptors (Lipinski definition) is 3. The van der Waals surface area contributed by atoms with Crippen molar-refractivity contribution >= 4 is 12.1 Å². The minimum absolute atomic E-state index is 0.319. The van der Waals surface area contributed by atoms with Crippen molar-refractivity contribution in [3.8, 4) is 0 Å². The van der Waals surface area contributed by atoms with Crippen molar-refractivity contribution < 1.29 is 9.53 Å². The summed E-state index contributed by atoms with van der Waals surface area (Å²) < 4.78 is 5.32. The number of aryl methyl sites for hydroxylation is 1. The fourth-order valence-corrected chi connectivity index (χ4v) is 2.14. The Morgan fingerprint density at radius 3 is 2.40 bits per heavy atom. The molecular weight excluding hydrogens is 316 g/mol. The van der Waals surface area contributed by atoms with E-state index in [-0.39, 0.29) is 6.09 Å². The van der Waals surface area contributed by atoms with Crippen molar-refractivity contribution in [2.45, 2.75) is 39.2 Å². The topological polar surface area (TPSA) is 66.0 Å². The monoisotopic (exact) mass is 348 g/mol. The molecule has 6 nitrogen and oxygen atoms in total. The largest absolute Gasteiger partial charge is 0.444 e. The quantitative estimate of drug-likeness (QED) is 0.452. The van der Waals surface area contributed by atoms with Crippen LogP contribution in [0.1, 0.15) is 32.8 Å². The zero-order valence-electron chi connectivity index (χ0n) is 16.1. The van der Waals surface area contributed by atoms with Gasteiger partial charge in [-0.1, -0.05) is 30.3 Å². The van der Waals surface area contributed by atoms with Crippen molar-refractivity contribution in [3.63, 3.8) is 0 Å². The van der Waals surface area contributed by atoms with E-state index in [0.29, 0.717) is 13.1 Å². The second-order valence-electron chi connectivity index (χ2n) is 6.92. The van der Waals surface area contributed by atoms with E-state index in [1.54, 1.807) is 19.0 Å². The third kappa shape index (κ3) is 9.59. The number of nitrogens with one attached hydrogen (secondary N) is 2. The number of guanidine groups is 1. The molecule has 25 heavy (non-hydrogen) atoms. The molecule has 0 spiro atoms. The van der Waals surface area contributed by atoms with Gasteiger partial charge >= 0.3 is 6.09 Å². The van der Waals surface area contributed by atoms with Gasteiger partial charge in [0.25, 0.3) is 0 Å². The van der Waals surface area contributed by atoms with Gasteiger partial charge < -0.3 is 20.3 Å². The third-order valence-corrected chi connectivity index (χ3v) is 3.45. The molecule has 0 aromatic heterocycles. The number of benzene rings is 1. The third-order valence-electron chi connectivity index (χ3n) is 3.45. The van der Waals surface area contributed by atoms with E-state index in [9.17, 15) is 4.79 Å². The molecule has 0 aliphatic carbocycles. The molecule has 1 rings (SSSR count). The first-order valence-electron chi connectivity index (χ1n) is 8.74. The standard InChI is InChI=1S/C19H32N4O2/c1-19(2,3)25-18(24)23(5)15-14-22-17(20-4)21-13-9-12-16-10-7-6-8-11-16/h6-8,10-11H,9,12-15H2,1-5H3,(H2,20,21,22). The smallest absolute Gasteiger partial charge is 0.410 e. The van der Waals surface area contributed by atoms with Crippen LogP contribution in [0.4, 0.5) is 4.79 Å². The van der Waals surface area contributed by atoms with Gasteiger partial charge in [-0.25, -0.2) is 4.79 Å². The van der Waals surface area contributed by atoms with E-state index in [2.05, 4.69) is 39.9 Å². The van der Waals surface area contributed by atoms with Gasteiger partial charge in [-0.15, -0.1) is 0 Å². The van der Waals surface area contributed by atoms with E-state index in [1.165, 1.54) is 5.56 Å². The predicted molar refractivity (Wildman–Crippen MR) is 103 cm³/mol. The second kappa shape index (κ2) is 10.6. The molecule has 0 radical (unpaired) electrons. The zero-order chi connectivity index (χ0) is 18.7. The minimum Gasteiger partial charge on any atom is -0.444 e. The summed E-state index contributed by atoms with van der Waals surface area (Å²) in [5.74, 6) is 0.741. The maximum Gasteiger partial charge on any atom is 0.410 e. The Labute approximate surface area is 151 Å². The summed E-state index contributed by atoms with van der Waals surface area (Å²) in [7, 11) is 3.47. The molecular formula is C19H32N4O2. The Morgan fingerprint density at radius 1 is 1.16 bits per heavy atom. The maximum absolute atomic E-state index is 11.9. The van der Waals surface area contributed by atoms with Crippen molar-refractivity contribution in [2.24, 2.45) is 4.99 Å². The van der Waals surface area contributed by atoms with Gasteiger partial charge in [-0.2, -0.15) is 0 Å². The first-order chi connectivity index (χ1) is 11.8. The second-order valence-corrected chi connectivity index (χ2v) is 6.92. The zero-order valence-corrected chi connectivity index (χ0v) is 16.1. The van der Waals surface area contributed by atoms with Crippen molar-refractivity contribution in [1.29, 1.82) is 0 Å². The van der Waals surface area contributed by atoms with Crippen molar-refractivity contribution in [1.82, 2.24) is 15.5 Å². The van der Waals surface area contributed by atoms with Gasteiger partial charge in [-0.3, -0.25) is 4.99 Å². The van der Waals surface area contributed by atoms with Crippen molar-refractivity contribution in [2.75, 3.05) is 33.7 Å². The number of hydrogen-bond donors (Lipinski definition) is 2. The van der Waals surface area contributed by atoms with Crippen LogP contribution in [0.3, 0.4) is 0 Å². The fraction of sp³-hybridized carbons (Fsp3) is 0.579. The highest BCUT2D eigenvalue weighted by molar-refractivity contribution is 5.79. The SMILES string of the molecule is CN=C(NCCCc1ccccc1)NCCN(C)C(=O)OC(C)(C)C. The van der Waals surface area contributed by atoms with Crippen LogP contribution in [0.25, 0.3) is 0 Å². The normalized spacial score (nSPS) is 11.8. The molecule has 0 bridgehead atoms. The van der Waals surface area contributed by atoms with Crippen molar-refractivity contribution in [3.05, 3.63) is 35.9 Å². The number of rotatable bonds is 7. The van der Waals surface area contributed by atoms with Gasteiger partial charge in [0.05, 0.1) is 0 Å². The predicted octanol–water partition coefficient (Wildman–Crippen LogP) is 2.65. The molecule has 1 aromatic carbocycles. The summed E-state index contributed by atoms with van der Waals surface area (Å²) in [6.45, 7) is 7.57. The number of likely N-dealkylation sites (N-methyl/N-ethyl adjacent to an activating group) is 1. The number of amides is 1. The number of aliphatic imine (C=N–C) groups is 1. The van der Waals surface area contributed by atoms with Crippen LogP contribution in [-0.2, 0) is 11.2 Å². The summed E-state index contributed by atoms with van der Waals surface area (Å²) in [4.78, 5) is 17.6. The van der Waals surface area contributed by atoms with Crippen LogP contribution >= 0.6 is 0 Å². The molecule has 0 aliphatic heterocycles. The molecule has 0 fully saturated rings. The Kier molecular flexibility index (Phi) is 8.81. The highest BCUT2D eigenvalue weighted by Gasteiger charge is 2.19. The Bertz CT molecular complexity index is 538. The molecule has 0 atom stereocenters. The summed E-state index contributed by atoms with van der Waals surface area (Å²) in [6, 6.07) is 10.4. The Hall–Kier alpha value is -2.24. The molecule has 1 aromatic rings. The van der Waals surface area contributed by atoms with Crippen LogP contribution < -0.4 is 10.6 Å². The lowest BCUT2D eigenvalue weighted by molar-refractivity contribution is 0.0302. The van der Waals surface area contributed by atoms with E-state index in [1.807, 2.05) is 26.8 Å². The molecule has 0 heterocycles. The molecule has 140 valence electrons. The lowest BCUT2D eigenvalue weighted by Crippen LogP contribution is -2.43. The average Bonchev–Trinajstić information content (AvgIpc) is 2.56. The van der Waals surface area contributed by atoms with Gasteiger partial charge in [0.15, 0.2) is 5.96 Å².